The largest absolute Gasteiger partial charge is 0.377 e. The average molecular weight is 271 g/mol. The van der Waals surface area contributed by atoms with Gasteiger partial charge in [-0.1, -0.05) is 13.8 Å². The number of rotatable bonds is 5. The van der Waals surface area contributed by atoms with Crippen LogP contribution >= 0.6 is 0 Å². The second-order valence-electron chi connectivity index (χ2n) is 7.93. The smallest absolute Gasteiger partial charge is 0.0624 e. The lowest BCUT2D eigenvalue weighted by Crippen LogP contribution is -2.44. The molecule has 1 aliphatic rings. The van der Waals surface area contributed by atoms with E-state index in [0.29, 0.717) is 18.3 Å². The maximum absolute atomic E-state index is 6.13. The van der Waals surface area contributed by atoms with Crippen LogP contribution in [0.15, 0.2) is 0 Å². The SMILES string of the molecule is CC1CC(OCC(C)(C)CNC(C)(C)C)CC(C)O1. The third-order valence-electron chi connectivity index (χ3n) is 3.46. The molecule has 0 spiro atoms. The van der Waals surface area contributed by atoms with Crippen LogP contribution in [0, 0.1) is 5.41 Å². The van der Waals surface area contributed by atoms with Crippen LogP contribution < -0.4 is 5.32 Å². The zero-order valence-corrected chi connectivity index (χ0v) is 13.9. The van der Waals surface area contributed by atoms with Crippen molar-refractivity contribution >= 4 is 0 Å². The number of hydrogen-bond acceptors (Lipinski definition) is 3. The van der Waals surface area contributed by atoms with E-state index in [1.807, 2.05) is 0 Å². The van der Waals surface area contributed by atoms with Gasteiger partial charge >= 0.3 is 0 Å². The molecule has 0 aromatic rings. The Balaban J connectivity index is 2.33. The molecule has 0 amide bonds. The van der Waals surface area contributed by atoms with Crippen LogP contribution in [0.1, 0.15) is 61.3 Å². The van der Waals surface area contributed by atoms with E-state index >= 15 is 0 Å². The van der Waals surface area contributed by atoms with Gasteiger partial charge in [0.25, 0.3) is 0 Å². The summed E-state index contributed by atoms with van der Waals surface area (Å²) in [4.78, 5) is 0. The summed E-state index contributed by atoms with van der Waals surface area (Å²) in [5, 5.41) is 3.56. The zero-order valence-electron chi connectivity index (χ0n) is 13.9. The summed E-state index contributed by atoms with van der Waals surface area (Å²) in [6.07, 6.45) is 3.04. The first-order chi connectivity index (χ1) is 8.57. The van der Waals surface area contributed by atoms with Crippen molar-refractivity contribution in [1.82, 2.24) is 5.32 Å². The van der Waals surface area contributed by atoms with Crippen LogP contribution in [0.3, 0.4) is 0 Å². The highest BCUT2D eigenvalue weighted by atomic mass is 16.5. The lowest BCUT2D eigenvalue weighted by atomic mass is 9.92. The molecule has 1 heterocycles. The molecule has 19 heavy (non-hydrogen) atoms. The molecule has 3 nitrogen and oxygen atoms in total. The molecule has 0 bridgehead atoms. The van der Waals surface area contributed by atoms with Gasteiger partial charge in [0.05, 0.1) is 24.9 Å². The molecule has 0 aromatic carbocycles. The second kappa shape index (κ2) is 6.55. The highest BCUT2D eigenvalue weighted by Crippen LogP contribution is 2.24. The van der Waals surface area contributed by atoms with E-state index in [1.54, 1.807) is 0 Å². The molecule has 3 heteroatoms. The van der Waals surface area contributed by atoms with E-state index < -0.39 is 0 Å². The molecule has 114 valence electrons. The summed E-state index contributed by atoms with van der Waals surface area (Å²) in [5.74, 6) is 0. The minimum absolute atomic E-state index is 0.165. The van der Waals surface area contributed by atoms with E-state index in [0.717, 1.165) is 26.0 Å². The molecule has 1 fully saturated rings. The minimum atomic E-state index is 0.165. The number of hydrogen-bond donors (Lipinski definition) is 1. The van der Waals surface area contributed by atoms with Crippen molar-refractivity contribution in [1.29, 1.82) is 0 Å². The van der Waals surface area contributed by atoms with Gasteiger partial charge in [-0.25, -0.2) is 0 Å². The molecule has 0 aliphatic carbocycles. The molecular formula is C16H33NO2. The summed E-state index contributed by atoms with van der Waals surface area (Å²) < 4.78 is 11.9. The van der Waals surface area contributed by atoms with Gasteiger partial charge in [0.2, 0.25) is 0 Å². The summed E-state index contributed by atoms with van der Waals surface area (Å²) in [6, 6.07) is 0. The molecule has 2 atom stereocenters. The first kappa shape index (κ1) is 16.9. The van der Waals surface area contributed by atoms with Crippen molar-refractivity contribution in [3.8, 4) is 0 Å². The van der Waals surface area contributed by atoms with Gasteiger partial charge in [0, 0.05) is 17.5 Å². The first-order valence-corrected chi connectivity index (χ1v) is 7.59. The fourth-order valence-corrected chi connectivity index (χ4v) is 2.38. The number of ether oxygens (including phenoxy) is 2. The fraction of sp³-hybridized carbons (Fsp3) is 1.00. The van der Waals surface area contributed by atoms with Crippen LogP contribution in [-0.2, 0) is 9.47 Å². The van der Waals surface area contributed by atoms with Gasteiger partial charge in [-0.05, 0) is 47.5 Å². The van der Waals surface area contributed by atoms with Crippen molar-refractivity contribution in [2.24, 2.45) is 5.41 Å². The highest BCUT2D eigenvalue weighted by molar-refractivity contribution is 4.80. The van der Waals surface area contributed by atoms with E-state index in [9.17, 15) is 0 Å². The van der Waals surface area contributed by atoms with Crippen LogP contribution in [0.4, 0.5) is 0 Å². The quantitative estimate of drug-likeness (QED) is 0.831. The van der Waals surface area contributed by atoms with Crippen LogP contribution in [0.25, 0.3) is 0 Å². The van der Waals surface area contributed by atoms with Gasteiger partial charge in [-0.2, -0.15) is 0 Å². The zero-order chi connectivity index (χ0) is 14.7. The standard InChI is InChI=1S/C16H33NO2/c1-12-8-14(9-13(2)19-12)18-11-16(6,7)10-17-15(3,4)5/h12-14,17H,8-11H2,1-7H3. The Morgan fingerprint density at radius 3 is 2.05 bits per heavy atom. The molecule has 0 aromatic heterocycles. The molecule has 1 N–H and O–H groups in total. The van der Waals surface area contributed by atoms with Crippen LogP contribution in [-0.4, -0.2) is 37.0 Å². The van der Waals surface area contributed by atoms with Gasteiger partial charge in [0.15, 0.2) is 0 Å². The Bertz CT molecular complexity index is 260. The van der Waals surface area contributed by atoms with Crippen LogP contribution in [0.5, 0.6) is 0 Å². The lowest BCUT2D eigenvalue weighted by Gasteiger charge is -2.35. The van der Waals surface area contributed by atoms with E-state index in [4.69, 9.17) is 9.47 Å². The van der Waals surface area contributed by atoms with E-state index in [2.05, 4.69) is 53.8 Å². The summed E-state index contributed by atoms with van der Waals surface area (Å²) >= 11 is 0. The number of nitrogens with one attached hydrogen (secondary N) is 1. The average Bonchev–Trinajstić information content (AvgIpc) is 2.22. The third kappa shape index (κ3) is 7.28. The van der Waals surface area contributed by atoms with Crippen molar-refractivity contribution in [2.45, 2.75) is 85.2 Å². The Kier molecular flexibility index (Phi) is 5.84. The minimum Gasteiger partial charge on any atom is -0.377 e. The molecule has 1 saturated heterocycles. The monoisotopic (exact) mass is 271 g/mol. The third-order valence-corrected chi connectivity index (χ3v) is 3.46. The maximum Gasteiger partial charge on any atom is 0.0624 e. The van der Waals surface area contributed by atoms with Gasteiger partial charge in [-0.15, -0.1) is 0 Å². The summed E-state index contributed by atoms with van der Waals surface area (Å²) in [6.45, 7) is 17.2. The van der Waals surface area contributed by atoms with E-state index in [1.165, 1.54) is 0 Å². The Morgan fingerprint density at radius 1 is 1.05 bits per heavy atom. The fourth-order valence-electron chi connectivity index (χ4n) is 2.38. The van der Waals surface area contributed by atoms with Gasteiger partial charge in [-0.3, -0.25) is 0 Å². The van der Waals surface area contributed by atoms with Crippen molar-refractivity contribution in [3.05, 3.63) is 0 Å². The second-order valence-corrected chi connectivity index (χ2v) is 7.93. The first-order valence-electron chi connectivity index (χ1n) is 7.59. The van der Waals surface area contributed by atoms with Crippen molar-refractivity contribution < 1.29 is 9.47 Å². The topological polar surface area (TPSA) is 30.5 Å². The molecule has 0 radical (unpaired) electrons. The normalized spacial score (nSPS) is 29.5. The molecule has 1 aliphatic heterocycles. The Morgan fingerprint density at radius 2 is 1.58 bits per heavy atom. The van der Waals surface area contributed by atoms with Crippen LogP contribution in [0.2, 0.25) is 0 Å². The Hall–Kier alpha value is -0.120. The summed E-state index contributed by atoms with van der Waals surface area (Å²) in [5.41, 5.74) is 0.330. The Labute approximate surface area is 119 Å². The molecule has 0 saturated carbocycles. The van der Waals surface area contributed by atoms with Crippen molar-refractivity contribution in [2.75, 3.05) is 13.2 Å². The lowest BCUT2D eigenvalue weighted by molar-refractivity contribution is -0.113. The molecular weight excluding hydrogens is 238 g/mol. The predicted molar refractivity (Wildman–Crippen MR) is 80.5 cm³/mol. The summed E-state index contributed by atoms with van der Waals surface area (Å²) in [7, 11) is 0. The van der Waals surface area contributed by atoms with Gasteiger partial charge in [0.1, 0.15) is 0 Å². The predicted octanol–water partition coefficient (Wildman–Crippen LogP) is 3.37. The molecule has 1 rings (SSSR count). The van der Waals surface area contributed by atoms with E-state index in [-0.39, 0.29) is 11.0 Å². The van der Waals surface area contributed by atoms with Crippen molar-refractivity contribution in [3.63, 3.8) is 0 Å². The maximum atomic E-state index is 6.13. The van der Waals surface area contributed by atoms with Gasteiger partial charge < -0.3 is 14.8 Å². The highest BCUT2D eigenvalue weighted by Gasteiger charge is 2.28. The molecule has 2 unspecified atom stereocenters.